The van der Waals surface area contributed by atoms with Crippen molar-refractivity contribution < 1.29 is 24.9 Å². The van der Waals surface area contributed by atoms with E-state index in [9.17, 15) is 20.1 Å². The monoisotopic (exact) mass is 424 g/mol. The van der Waals surface area contributed by atoms with Crippen molar-refractivity contribution in [2.24, 2.45) is 0 Å². The third kappa shape index (κ3) is 6.64. The number of aromatic hydroxyl groups is 1. The smallest absolute Gasteiger partial charge is 0.339 e. The second-order valence-electron chi connectivity index (χ2n) is 7.93. The summed E-state index contributed by atoms with van der Waals surface area (Å²) in [7, 11) is 1.52. The van der Waals surface area contributed by atoms with Gasteiger partial charge in [-0.05, 0) is 69.2 Å². The lowest BCUT2D eigenvalue weighted by Crippen LogP contribution is -2.08. The van der Waals surface area contributed by atoms with Crippen molar-refractivity contribution in [2.45, 2.75) is 52.9 Å². The maximum atomic E-state index is 11.9. The van der Waals surface area contributed by atoms with Gasteiger partial charge >= 0.3 is 5.97 Å². The summed E-state index contributed by atoms with van der Waals surface area (Å²) >= 11 is 0. The molecular formula is C26H32O5. The first kappa shape index (κ1) is 24.1. The summed E-state index contributed by atoms with van der Waals surface area (Å²) in [6.45, 7) is 5.68. The molecule has 0 heterocycles. The van der Waals surface area contributed by atoms with Crippen LogP contribution in [0.2, 0.25) is 0 Å². The Kier molecular flexibility index (Phi) is 8.74. The van der Waals surface area contributed by atoms with E-state index in [1.807, 2.05) is 57.2 Å². The molecule has 3 N–H and O–H groups in total. The summed E-state index contributed by atoms with van der Waals surface area (Å²) < 4.78 is 5.49. The number of rotatable bonds is 10. The SMILES string of the molecule is COc1cc(CCc2ccccc2)c(C(=O)O)c(O)c1C/C=C(\C)CCC(O)=C(C)C. The Morgan fingerprint density at radius 2 is 1.71 bits per heavy atom. The molecular weight excluding hydrogens is 392 g/mol. The predicted molar refractivity (Wildman–Crippen MR) is 123 cm³/mol. The fourth-order valence-corrected chi connectivity index (χ4v) is 3.42. The first-order valence-electron chi connectivity index (χ1n) is 10.4. The number of carboxylic acids is 1. The average Bonchev–Trinajstić information content (AvgIpc) is 2.74. The summed E-state index contributed by atoms with van der Waals surface area (Å²) in [6, 6.07) is 11.5. The molecule has 2 aromatic rings. The molecule has 0 bridgehead atoms. The summed E-state index contributed by atoms with van der Waals surface area (Å²) in [6.07, 6.45) is 4.65. The Morgan fingerprint density at radius 1 is 1.03 bits per heavy atom. The first-order chi connectivity index (χ1) is 14.7. The van der Waals surface area contributed by atoms with Crippen molar-refractivity contribution in [2.75, 3.05) is 7.11 Å². The highest BCUT2D eigenvalue weighted by Crippen LogP contribution is 2.36. The van der Waals surface area contributed by atoms with E-state index >= 15 is 0 Å². The van der Waals surface area contributed by atoms with Gasteiger partial charge in [-0.1, -0.05) is 42.0 Å². The van der Waals surface area contributed by atoms with Crippen LogP contribution in [-0.2, 0) is 19.3 Å². The van der Waals surface area contributed by atoms with Gasteiger partial charge in [0.15, 0.2) is 0 Å². The number of carbonyl (C=O) groups is 1. The standard InChI is InChI=1S/C26H32O5/c1-17(2)22(27)15-11-18(3)10-14-21-23(31-4)16-20(24(25(21)28)26(29)30)13-12-19-8-6-5-7-9-19/h5-10,16,27-28H,11-15H2,1-4H3,(H,29,30)/b18-10+. The minimum Gasteiger partial charge on any atom is -0.512 e. The van der Waals surface area contributed by atoms with Crippen molar-refractivity contribution in [3.05, 3.63) is 81.6 Å². The topological polar surface area (TPSA) is 87.0 Å². The number of allylic oxidation sites excluding steroid dienone is 4. The minimum absolute atomic E-state index is 0.0695. The van der Waals surface area contributed by atoms with Crippen molar-refractivity contribution in [1.82, 2.24) is 0 Å². The van der Waals surface area contributed by atoms with Crippen LogP contribution in [0.5, 0.6) is 11.5 Å². The van der Waals surface area contributed by atoms with Gasteiger partial charge in [0.25, 0.3) is 0 Å². The van der Waals surface area contributed by atoms with Crippen LogP contribution in [0.3, 0.4) is 0 Å². The lowest BCUT2D eigenvalue weighted by molar-refractivity contribution is 0.0692. The number of benzene rings is 2. The van der Waals surface area contributed by atoms with E-state index in [0.29, 0.717) is 54.7 Å². The highest BCUT2D eigenvalue weighted by atomic mass is 16.5. The van der Waals surface area contributed by atoms with Crippen LogP contribution in [-0.4, -0.2) is 28.4 Å². The minimum atomic E-state index is -1.15. The van der Waals surface area contributed by atoms with Gasteiger partial charge in [-0.2, -0.15) is 0 Å². The molecule has 5 nitrogen and oxygen atoms in total. The Morgan fingerprint density at radius 3 is 2.29 bits per heavy atom. The van der Waals surface area contributed by atoms with E-state index in [2.05, 4.69) is 0 Å². The van der Waals surface area contributed by atoms with Crippen LogP contribution in [0, 0.1) is 0 Å². The molecule has 0 fully saturated rings. The maximum absolute atomic E-state index is 11.9. The molecule has 2 rings (SSSR count). The number of aryl methyl sites for hydroxylation is 2. The molecule has 0 unspecified atom stereocenters. The predicted octanol–water partition coefficient (Wildman–Crippen LogP) is 6.01. The zero-order valence-corrected chi connectivity index (χ0v) is 18.7. The van der Waals surface area contributed by atoms with Crippen LogP contribution in [0.25, 0.3) is 0 Å². The van der Waals surface area contributed by atoms with E-state index in [-0.39, 0.29) is 11.3 Å². The maximum Gasteiger partial charge on any atom is 0.339 e. The molecule has 0 aliphatic carbocycles. The number of carboxylic acid groups (broad SMARTS) is 1. The number of ether oxygens (including phenoxy) is 1. The highest BCUT2D eigenvalue weighted by molar-refractivity contribution is 5.93. The first-order valence-corrected chi connectivity index (χ1v) is 10.4. The van der Waals surface area contributed by atoms with Gasteiger partial charge in [0.2, 0.25) is 0 Å². The molecule has 5 heteroatoms. The summed E-state index contributed by atoms with van der Waals surface area (Å²) in [5.41, 5.74) is 3.96. The zero-order valence-electron chi connectivity index (χ0n) is 18.7. The third-order valence-corrected chi connectivity index (χ3v) is 5.39. The number of methoxy groups -OCH3 is 1. The van der Waals surface area contributed by atoms with E-state index in [1.54, 1.807) is 6.07 Å². The third-order valence-electron chi connectivity index (χ3n) is 5.39. The van der Waals surface area contributed by atoms with Gasteiger partial charge in [-0.25, -0.2) is 4.79 Å². The molecule has 0 saturated carbocycles. The molecule has 166 valence electrons. The molecule has 0 atom stereocenters. The average molecular weight is 425 g/mol. The van der Waals surface area contributed by atoms with E-state index < -0.39 is 5.97 Å². The summed E-state index contributed by atoms with van der Waals surface area (Å²) in [4.78, 5) is 11.9. The van der Waals surface area contributed by atoms with Gasteiger partial charge < -0.3 is 20.1 Å². The highest BCUT2D eigenvalue weighted by Gasteiger charge is 2.22. The Hall–Kier alpha value is -3.21. The quantitative estimate of drug-likeness (QED) is 0.321. The largest absolute Gasteiger partial charge is 0.512 e. The van der Waals surface area contributed by atoms with E-state index in [1.165, 1.54) is 7.11 Å². The van der Waals surface area contributed by atoms with Crippen molar-refractivity contribution in [3.8, 4) is 11.5 Å². The van der Waals surface area contributed by atoms with Crippen LogP contribution in [0.4, 0.5) is 0 Å². The normalized spacial score (nSPS) is 11.3. The van der Waals surface area contributed by atoms with Gasteiger partial charge in [-0.15, -0.1) is 0 Å². The zero-order chi connectivity index (χ0) is 23.0. The van der Waals surface area contributed by atoms with Crippen molar-refractivity contribution >= 4 is 5.97 Å². The number of aromatic carboxylic acids is 1. The molecule has 0 aliphatic rings. The second kappa shape index (κ2) is 11.3. The Balaban J connectivity index is 2.29. The molecule has 2 aromatic carbocycles. The molecule has 0 amide bonds. The number of phenols is 1. The number of hydrogen-bond acceptors (Lipinski definition) is 4. The fraction of sp³-hybridized carbons (Fsp3) is 0.346. The molecule has 0 aromatic heterocycles. The van der Waals surface area contributed by atoms with Gasteiger partial charge in [0.1, 0.15) is 17.1 Å². The molecule has 0 aliphatic heterocycles. The van der Waals surface area contributed by atoms with Gasteiger partial charge in [0.05, 0.1) is 12.9 Å². The molecule has 0 spiro atoms. The van der Waals surface area contributed by atoms with Gasteiger partial charge in [0, 0.05) is 12.0 Å². The van der Waals surface area contributed by atoms with E-state index in [4.69, 9.17) is 4.74 Å². The van der Waals surface area contributed by atoms with E-state index in [0.717, 1.165) is 16.7 Å². The molecule has 31 heavy (non-hydrogen) atoms. The Bertz CT molecular complexity index is 967. The van der Waals surface area contributed by atoms with Crippen molar-refractivity contribution in [1.29, 1.82) is 0 Å². The Labute approximate surface area is 184 Å². The van der Waals surface area contributed by atoms with Crippen LogP contribution in [0.15, 0.2) is 59.4 Å². The van der Waals surface area contributed by atoms with Crippen LogP contribution < -0.4 is 4.74 Å². The second-order valence-corrected chi connectivity index (χ2v) is 7.93. The van der Waals surface area contributed by atoms with Crippen molar-refractivity contribution in [3.63, 3.8) is 0 Å². The lowest BCUT2D eigenvalue weighted by Gasteiger charge is -2.16. The van der Waals surface area contributed by atoms with Crippen LogP contribution >= 0.6 is 0 Å². The fourth-order valence-electron chi connectivity index (χ4n) is 3.42. The summed E-state index contributed by atoms with van der Waals surface area (Å²) in [5, 5.41) is 30.4. The lowest BCUT2D eigenvalue weighted by atomic mass is 9.94. The molecule has 0 radical (unpaired) electrons. The number of aliphatic hydroxyl groups is 1. The summed E-state index contributed by atoms with van der Waals surface area (Å²) in [5.74, 6) is -0.546. The number of aliphatic hydroxyl groups excluding tert-OH is 1. The van der Waals surface area contributed by atoms with Gasteiger partial charge in [-0.3, -0.25) is 0 Å². The number of hydrogen-bond donors (Lipinski definition) is 3. The van der Waals surface area contributed by atoms with Crippen LogP contribution in [0.1, 0.15) is 60.7 Å². The molecule has 0 saturated heterocycles.